The third kappa shape index (κ3) is 4.97. The Balaban J connectivity index is 1.39. The van der Waals surface area contributed by atoms with Crippen LogP contribution in [0.1, 0.15) is 38.9 Å². The molecule has 0 bridgehead atoms. The number of hydrogen-bond donors (Lipinski definition) is 0. The van der Waals surface area contributed by atoms with Crippen LogP contribution in [0, 0.1) is 0 Å². The van der Waals surface area contributed by atoms with E-state index in [1.807, 2.05) is 49.1 Å². The van der Waals surface area contributed by atoms with E-state index in [9.17, 15) is 9.59 Å². The predicted molar refractivity (Wildman–Crippen MR) is 124 cm³/mol. The molecule has 0 aliphatic carbocycles. The number of thioether (sulfide) groups is 1. The number of para-hydroxylation sites is 1. The Labute approximate surface area is 193 Å². The first-order valence-electron chi connectivity index (χ1n) is 11.5. The maximum absolute atomic E-state index is 13.5. The number of carbonyl (C=O) groups is 2. The molecule has 8 heteroatoms. The summed E-state index contributed by atoms with van der Waals surface area (Å²) in [7, 11) is 0. The Morgan fingerprint density at radius 3 is 2.72 bits per heavy atom. The summed E-state index contributed by atoms with van der Waals surface area (Å²) in [6.45, 7) is 5.55. The van der Waals surface area contributed by atoms with Crippen LogP contribution >= 0.6 is 11.8 Å². The van der Waals surface area contributed by atoms with Crippen LogP contribution in [0.3, 0.4) is 0 Å². The molecule has 2 aromatic rings. The Kier molecular flexibility index (Phi) is 7.75. The Hall–Kier alpha value is -2.03. The molecule has 0 saturated carbocycles. The molecule has 0 N–H and O–H groups in total. The van der Waals surface area contributed by atoms with Crippen molar-refractivity contribution in [3.63, 3.8) is 0 Å². The number of carbonyl (C=O) groups excluding carboxylic acids is 2. The third-order valence-electron chi connectivity index (χ3n) is 6.10. The lowest BCUT2D eigenvalue weighted by Gasteiger charge is -2.34. The van der Waals surface area contributed by atoms with Gasteiger partial charge in [-0.1, -0.05) is 18.2 Å². The second-order valence-electron chi connectivity index (χ2n) is 8.15. The number of benzene rings is 1. The van der Waals surface area contributed by atoms with E-state index in [0.29, 0.717) is 44.9 Å². The summed E-state index contributed by atoms with van der Waals surface area (Å²) < 4.78 is 17.4. The Bertz CT molecular complexity index is 893. The van der Waals surface area contributed by atoms with E-state index in [2.05, 4.69) is 0 Å². The van der Waals surface area contributed by atoms with Crippen molar-refractivity contribution in [3.05, 3.63) is 36.1 Å². The summed E-state index contributed by atoms with van der Waals surface area (Å²) in [5.74, 6) is 2.21. The van der Waals surface area contributed by atoms with Crippen molar-refractivity contribution < 1.29 is 23.5 Å². The van der Waals surface area contributed by atoms with Crippen molar-refractivity contribution in [2.45, 2.75) is 57.9 Å². The lowest BCUT2D eigenvalue weighted by Crippen LogP contribution is -2.53. The van der Waals surface area contributed by atoms with E-state index in [4.69, 9.17) is 13.9 Å². The fourth-order valence-corrected chi connectivity index (χ4v) is 5.76. The van der Waals surface area contributed by atoms with Crippen LogP contribution < -0.4 is 0 Å². The zero-order chi connectivity index (χ0) is 22.5. The first-order valence-corrected chi connectivity index (χ1v) is 12.7. The predicted octanol–water partition coefficient (Wildman–Crippen LogP) is 3.66. The maximum atomic E-state index is 13.5. The highest BCUT2D eigenvalue weighted by molar-refractivity contribution is 7.99. The van der Waals surface area contributed by atoms with Crippen molar-refractivity contribution in [3.8, 4) is 0 Å². The second kappa shape index (κ2) is 10.7. The number of fused-ring (bicyclic) bond motifs is 1. The van der Waals surface area contributed by atoms with Gasteiger partial charge in [0.2, 0.25) is 11.8 Å². The number of nitrogens with zero attached hydrogens (tertiary/aromatic N) is 2. The number of rotatable bonds is 9. The number of aryl methyl sites for hydroxylation is 1. The molecule has 2 aliphatic rings. The van der Waals surface area contributed by atoms with Gasteiger partial charge in [0, 0.05) is 43.7 Å². The topological polar surface area (TPSA) is 72.2 Å². The van der Waals surface area contributed by atoms with E-state index in [0.717, 1.165) is 28.9 Å². The largest absolute Gasteiger partial charge is 0.461 e. The van der Waals surface area contributed by atoms with Crippen molar-refractivity contribution in [1.29, 1.82) is 0 Å². The molecular formula is C24H32N2O5S. The van der Waals surface area contributed by atoms with Crippen molar-refractivity contribution in [2.24, 2.45) is 0 Å². The minimum absolute atomic E-state index is 0.0101. The summed E-state index contributed by atoms with van der Waals surface area (Å²) in [6.07, 6.45) is 1.99. The van der Waals surface area contributed by atoms with E-state index in [1.165, 1.54) is 0 Å². The summed E-state index contributed by atoms with van der Waals surface area (Å²) in [5.41, 5.74) is 0.833. The van der Waals surface area contributed by atoms with Gasteiger partial charge in [0.05, 0.1) is 11.9 Å². The lowest BCUT2D eigenvalue weighted by molar-refractivity contribution is -0.175. The first-order chi connectivity index (χ1) is 15.6. The maximum Gasteiger partial charge on any atom is 0.246 e. The lowest BCUT2D eigenvalue weighted by atomic mass is 10.1. The monoisotopic (exact) mass is 460 g/mol. The van der Waals surface area contributed by atoms with Crippen LogP contribution in [-0.2, 0) is 25.5 Å². The molecule has 2 aliphatic heterocycles. The molecule has 0 unspecified atom stereocenters. The molecule has 2 saturated heterocycles. The molecule has 3 heterocycles. The zero-order valence-electron chi connectivity index (χ0n) is 18.8. The van der Waals surface area contributed by atoms with Gasteiger partial charge in [-0.15, -0.1) is 11.8 Å². The fraction of sp³-hybridized carbons (Fsp3) is 0.583. The number of amides is 2. The van der Waals surface area contributed by atoms with Crippen molar-refractivity contribution in [2.75, 3.05) is 31.4 Å². The van der Waals surface area contributed by atoms with E-state index < -0.39 is 12.3 Å². The number of hydrogen-bond acceptors (Lipinski definition) is 6. The van der Waals surface area contributed by atoms with Gasteiger partial charge in [0.1, 0.15) is 17.4 Å². The third-order valence-corrected chi connectivity index (χ3v) is 7.14. The molecule has 4 rings (SSSR count). The SMILES string of the molecule is CCOC(OCC)[C@@H]1CSCN1C(=O)[C@@H]1CCCN1C(=O)CCc1cc2ccccc2o1. The van der Waals surface area contributed by atoms with Crippen molar-refractivity contribution >= 4 is 34.5 Å². The summed E-state index contributed by atoms with van der Waals surface area (Å²) >= 11 is 1.71. The fourth-order valence-electron chi connectivity index (χ4n) is 4.56. The molecule has 2 atom stereocenters. The van der Waals surface area contributed by atoms with Gasteiger partial charge < -0.3 is 23.7 Å². The molecule has 2 fully saturated rings. The minimum Gasteiger partial charge on any atom is -0.461 e. The van der Waals surface area contributed by atoms with Crippen molar-refractivity contribution in [1.82, 2.24) is 9.80 Å². The van der Waals surface area contributed by atoms with Gasteiger partial charge in [-0.25, -0.2) is 0 Å². The Morgan fingerprint density at radius 2 is 1.97 bits per heavy atom. The summed E-state index contributed by atoms with van der Waals surface area (Å²) in [6, 6.07) is 9.30. The van der Waals surface area contributed by atoms with Crippen LogP contribution in [0.2, 0.25) is 0 Å². The van der Waals surface area contributed by atoms with Gasteiger partial charge in [0.25, 0.3) is 0 Å². The molecule has 2 amide bonds. The van der Waals surface area contributed by atoms with Crippen LogP contribution in [0.5, 0.6) is 0 Å². The normalized spacial score (nSPS) is 21.2. The molecule has 1 aromatic carbocycles. The average Bonchev–Trinajstić information content (AvgIpc) is 3.55. The van der Waals surface area contributed by atoms with Gasteiger partial charge >= 0.3 is 0 Å². The molecule has 1 aromatic heterocycles. The first kappa shape index (κ1) is 23.1. The molecule has 0 radical (unpaired) electrons. The molecular weight excluding hydrogens is 428 g/mol. The summed E-state index contributed by atoms with van der Waals surface area (Å²) in [5, 5.41) is 1.04. The minimum atomic E-state index is -0.428. The quantitative estimate of drug-likeness (QED) is 0.532. The standard InChI is InChI=1S/C24H32N2O5S/c1-3-29-24(30-4-2)20-15-32-16-26(20)23(28)19-9-7-13-25(19)22(27)12-11-18-14-17-8-5-6-10-21(17)31-18/h5-6,8,10,14,19-20,24H,3-4,7,9,11-13,15-16H2,1-2H3/t19-,20-/m0/s1. The van der Waals surface area contributed by atoms with Crippen LogP contribution in [0.15, 0.2) is 34.7 Å². The van der Waals surface area contributed by atoms with Crippen LogP contribution in [-0.4, -0.2) is 71.4 Å². The highest BCUT2D eigenvalue weighted by atomic mass is 32.2. The molecule has 174 valence electrons. The zero-order valence-corrected chi connectivity index (χ0v) is 19.6. The van der Waals surface area contributed by atoms with Gasteiger partial charge in [-0.2, -0.15) is 0 Å². The van der Waals surface area contributed by atoms with Crippen LogP contribution in [0.4, 0.5) is 0 Å². The van der Waals surface area contributed by atoms with E-state index >= 15 is 0 Å². The molecule has 0 spiro atoms. The average molecular weight is 461 g/mol. The van der Waals surface area contributed by atoms with E-state index in [1.54, 1.807) is 16.7 Å². The van der Waals surface area contributed by atoms with Crippen LogP contribution in [0.25, 0.3) is 11.0 Å². The molecule has 7 nitrogen and oxygen atoms in total. The second-order valence-corrected chi connectivity index (χ2v) is 9.15. The summed E-state index contributed by atoms with van der Waals surface area (Å²) in [4.78, 5) is 30.1. The van der Waals surface area contributed by atoms with Gasteiger partial charge in [-0.3, -0.25) is 9.59 Å². The highest BCUT2D eigenvalue weighted by Gasteiger charge is 2.43. The van der Waals surface area contributed by atoms with E-state index in [-0.39, 0.29) is 17.9 Å². The number of furan rings is 1. The molecule has 32 heavy (non-hydrogen) atoms. The number of ether oxygens (including phenoxy) is 2. The Morgan fingerprint density at radius 1 is 1.19 bits per heavy atom. The smallest absolute Gasteiger partial charge is 0.246 e. The van der Waals surface area contributed by atoms with Gasteiger partial charge in [-0.05, 0) is 38.8 Å². The number of likely N-dealkylation sites (tertiary alicyclic amines) is 1. The van der Waals surface area contributed by atoms with Gasteiger partial charge in [0.15, 0.2) is 6.29 Å². The highest BCUT2D eigenvalue weighted by Crippen LogP contribution is 2.30.